The summed E-state index contributed by atoms with van der Waals surface area (Å²) in [6.07, 6.45) is 2.23. The number of amides is 1. The van der Waals surface area contributed by atoms with Crippen molar-refractivity contribution in [3.05, 3.63) is 125 Å². The largest absolute Gasteiger partial charge is 0.478 e. The van der Waals surface area contributed by atoms with Crippen LogP contribution >= 0.6 is 11.9 Å². The van der Waals surface area contributed by atoms with Gasteiger partial charge in [-0.2, -0.15) is 0 Å². The van der Waals surface area contributed by atoms with E-state index in [-0.39, 0.29) is 22.6 Å². The molecular formula is C41H46N4O4S. The Labute approximate surface area is 298 Å². The fraction of sp³-hybridized carbons (Fsp3) is 0.317. The average molecular weight is 691 g/mol. The van der Waals surface area contributed by atoms with E-state index >= 15 is 0 Å². The van der Waals surface area contributed by atoms with Gasteiger partial charge < -0.3 is 15.4 Å². The van der Waals surface area contributed by atoms with Gasteiger partial charge in [0.1, 0.15) is 5.82 Å². The Bertz CT molecular complexity index is 2000. The van der Waals surface area contributed by atoms with E-state index in [9.17, 15) is 19.5 Å². The summed E-state index contributed by atoms with van der Waals surface area (Å²) in [5.41, 5.74) is 12.8. The van der Waals surface area contributed by atoms with Crippen molar-refractivity contribution in [3.8, 4) is 11.1 Å². The monoisotopic (exact) mass is 690 g/mol. The Hall–Kier alpha value is -4.73. The van der Waals surface area contributed by atoms with Crippen LogP contribution in [0.15, 0.2) is 91.0 Å². The third kappa shape index (κ3) is 8.17. The minimum Gasteiger partial charge on any atom is -0.478 e. The lowest BCUT2D eigenvalue weighted by atomic mass is 9.88. The van der Waals surface area contributed by atoms with Gasteiger partial charge in [0, 0.05) is 36.5 Å². The number of benzene rings is 4. The van der Waals surface area contributed by atoms with Crippen LogP contribution in [0.1, 0.15) is 84.3 Å². The summed E-state index contributed by atoms with van der Waals surface area (Å²) in [5.74, 6) is -0.304. The summed E-state index contributed by atoms with van der Waals surface area (Å²) in [4.78, 5) is 44.8. The van der Waals surface area contributed by atoms with Crippen molar-refractivity contribution in [2.45, 2.75) is 79.4 Å². The fourth-order valence-electron chi connectivity index (χ4n) is 6.05. The molecule has 4 aromatic carbocycles. The van der Waals surface area contributed by atoms with Crippen LogP contribution in [0.5, 0.6) is 0 Å². The number of imidazole rings is 1. The van der Waals surface area contributed by atoms with Crippen LogP contribution in [-0.2, 0) is 24.2 Å². The zero-order valence-electron chi connectivity index (χ0n) is 29.6. The van der Waals surface area contributed by atoms with E-state index in [1.807, 2.05) is 113 Å². The van der Waals surface area contributed by atoms with Gasteiger partial charge in [0.25, 0.3) is 5.91 Å². The summed E-state index contributed by atoms with van der Waals surface area (Å²) < 4.78 is 3.75. The van der Waals surface area contributed by atoms with Crippen LogP contribution in [0.2, 0.25) is 0 Å². The molecule has 0 spiro atoms. The number of aromatic nitrogens is 2. The molecule has 0 bridgehead atoms. The smallest absolute Gasteiger partial charge is 0.336 e. The molecule has 0 saturated heterocycles. The second-order valence-electron chi connectivity index (χ2n) is 14.0. The third-order valence-electron chi connectivity index (χ3n) is 8.96. The molecule has 5 aromatic rings. The minimum absolute atomic E-state index is 0.256. The molecule has 260 valence electrons. The number of carboxylic acid groups (broad SMARTS) is 1. The molecule has 2 atom stereocenters. The summed E-state index contributed by atoms with van der Waals surface area (Å²) in [6.45, 7) is 12.3. The summed E-state index contributed by atoms with van der Waals surface area (Å²) in [7, 11) is 0. The van der Waals surface area contributed by atoms with Crippen LogP contribution < -0.4 is 5.73 Å². The third-order valence-corrected chi connectivity index (χ3v) is 10.1. The molecule has 8 nitrogen and oxygen atoms in total. The van der Waals surface area contributed by atoms with Crippen LogP contribution in [0, 0.1) is 12.3 Å². The number of carbonyl (C=O) groups excluding carboxylic acids is 2. The highest BCUT2D eigenvalue weighted by atomic mass is 32.2. The van der Waals surface area contributed by atoms with Gasteiger partial charge in [0.05, 0.1) is 22.6 Å². The van der Waals surface area contributed by atoms with Crippen LogP contribution in [0.4, 0.5) is 0 Å². The fourth-order valence-corrected chi connectivity index (χ4v) is 7.16. The Balaban J connectivity index is 1.52. The first-order valence-electron chi connectivity index (χ1n) is 17.0. The molecule has 3 N–H and O–H groups in total. The van der Waals surface area contributed by atoms with Crippen molar-refractivity contribution in [2.75, 3.05) is 0 Å². The Kier molecular flexibility index (Phi) is 11.3. The predicted octanol–water partition coefficient (Wildman–Crippen LogP) is 8.33. The van der Waals surface area contributed by atoms with Gasteiger partial charge in [0.15, 0.2) is 0 Å². The van der Waals surface area contributed by atoms with Crippen molar-refractivity contribution in [1.82, 2.24) is 13.9 Å². The molecule has 2 unspecified atom stereocenters. The maximum absolute atomic E-state index is 14.5. The van der Waals surface area contributed by atoms with E-state index in [2.05, 4.69) is 11.5 Å². The zero-order chi connectivity index (χ0) is 36.2. The van der Waals surface area contributed by atoms with Gasteiger partial charge in [-0.3, -0.25) is 13.9 Å². The number of carbonyl (C=O) groups is 3. The van der Waals surface area contributed by atoms with Crippen molar-refractivity contribution in [1.29, 1.82) is 0 Å². The predicted molar refractivity (Wildman–Crippen MR) is 202 cm³/mol. The summed E-state index contributed by atoms with van der Waals surface area (Å²) in [6, 6.07) is 27.5. The van der Waals surface area contributed by atoms with Crippen molar-refractivity contribution >= 4 is 40.0 Å². The number of aromatic carboxylic acids is 1. The average Bonchev–Trinajstić information content (AvgIpc) is 3.43. The van der Waals surface area contributed by atoms with Crippen LogP contribution in [0.3, 0.4) is 0 Å². The maximum Gasteiger partial charge on any atom is 0.336 e. The highest BCUT2D eigenvalue weighted by molar-refractivity contribution is 8.12. The standard InChI is InChI=1S/C41H46N4O4S/c1-7-13-35-43-36-26(2)22-31(38(46)45(50-40(49)37(42)41(4,5)6)27(3)23-28-14-9-8-10-15-28)24-34(36)44(35)25-29-18-20-30(21-19-29)32-16-11-12-17-33(32)39(47)48/h8-12,14-22,24,27,37H,7,13,23,25,42H2,1-6H3,(H,47,48). The molecule has 0 radical (unpaired) electrons. The second kappa shape index (κ2) is 15.4. The number of aryl methyl sites for hydroxylation is 2. The molecule has 5 rings (SSSR count). The number of nitrogens with two attached hydrogens (primary N) is 1. The maximum atomic E-state index is 14.5. The van der Waals surface area contributed by atoms with Gasteiger partial charge in [-0.25, -0.2) is 9.78 Å². The first kappa shape index (κ1) is 36.5. The van der Waals surface area contributed by atoms with Gasteiger partial charge in [-0.1, -0.05) is 100 Å². The number of nitrogens with zero attached hydrogens (tertiary/aromatic N) is 3. The minimum atomic E-state index is -0.965. The number of hydrogen-bond donors (Lipinski definition) is 2. The van der Waals surface area contributed by atoms with E-state index in [0.717, 1.165) is 63.9 Å². The lowest BCUT2D eigenvalue weighted by Gasteiger charge is -2.31. The quantitative estimate of drug-likeness (QED) is 0.134. The van der Waals surface area contributed by atoms with Gasteiger partial charge in [-0.05, 0) is 78.1 Å². The lowest BCUT2D eigenvalue weighted by Crippen LogP contribution is -2.44. The molecule has 0 aliphatic rings. The lowest BCUT2D eigenvalue weighted by molar-refractivity contribution is -0.114. The van der Waals surface area contributed by atoms with E-state index in [1.165, 1.54) is 0 Å². The van der Waals surface area contributed by atoms with Crippen LogP contribution in [-0.4, -0.2) is 48.0 Å². The first-order valence-corrected chi connectivity index (χ1v) is 17.8. The highest BCUT2D eigenvalue weighted by Gasteiger charge is 2.33. The van der Waals surface area contributed by atoms with E-state index in [1.54, 1.807) is 16.4 Å². The first-order chi connectivity index (χ1) is 23.8. The van der Waals surface area contributed by atoms with Gasteiger partial charge >= 0.3 is 5.97 Å². The van der Waals surface area contributed by atoms with E-state index < -0.39 is 17.4 Å². The topological polar surface area (TPSA) is 119 Å². The molecule has 1 amide bonds. The second-order valence-corrected chi connectivity index (χ2v) is 15.0. The summed E-state index contributed by atoms with van der Waals surface area (Å²) >= 11 is 0.904. The Morgan fingerprint density at radius 2 is 1.60 bits per heavy atom. The van der Waals surface area contributed by atoms with Crippen molar-refractivity contribution in [2.24, 2.45) is 11.1 Å². The normalized spacial score (nSPS) is 12.9. The number of hydrogen-bond acceptors (Lipinski definition) is 6. The summed E-state index contributed by atoms with van der Waals surface area (Å²) in [5, 5.41) is 9.43. The number of carboxylic acids is 1. The highest BCUT2D eigenvalue weighted by Crippen LogP contribution is 2.31. The van der Waals surface area contributed by atoms with Gasteiger partial charge in [0.2, 0.25) is 5.12 Å². The molecule has 1 heterocycles. The Morgan fingerprint density at radius 1 is 0.940 bits per heavy atom. The molecule has 1 aromatic heterocycles. The molecule has 0 saturated carbocycles. The van der Waals surface area contributed by atoms with Gasteiger partial charge in [-0.15, -0.1) is 0 Å². The molecule has 50 heavy (non-hydrogen) atoms. The molecule has 0 aliphatic carbocycles. The van der Waals surface area contributed by atoms with E-state index in [0.29, 0.717) is 24.1 Å². The molecular weight excluding hydrogens is 645 g/mol. The molecule has 9 heteroatoms. The Morgan fingerprint density at radius 3 is 2.24 bits per heavy atom. The van der Waals surface area contributed by atoms with E-state index in [4.69, 9.17) is 10.7 Å². The van der Waals surface area contributed by atoms with Crippen molar-refractivity contribution < 1.29 is 19.5 Å². The number of rotatable bonds is 11. The zero-order valence-corrected chi connectivity index (χ0v) is 30.5. The van der Waals surface area contributed by atoms with Crippen LogP contribution in [0.25, 0.3) is 22.2 Å². The SMILES string of the molecule is CCCc1nc2c(C)cc(C(=O)N(SC(=O)C(N)C(C)(C)C)C(C)Cc3ccccc3)cc2n1Cc1ccc(-c2ccccc2C(=O)O)cc1. The van der Waals surface area contributed by atoms with Crippen molar-refractivity contribution in [3.63, 3.8) is 0 Å². The number of fused-ring (bicyclic) bond motifs is 1. The molecule has 0 aliphatic heterocycles. The molecule has 0 fully saturated rings.